The predicted octanol–water partition coefficient (Wildman–Crippen LogP) is 2.77. The first-order valence-electron chi connectivity index (χ1n) is 8.88. The summed E-state index contributed by atoms with van der Waals surface area (Å²) in [7, 11) is 4.69. The van der Waals surface area contributed by atoms with Gasteiger partial charge in [0.15, 0.2) is 0 Å². The van der Waals surface area contributed by atoms with Crippen LogP contribution in [-0.2, 0) is 16.1 Å². The third-order valence-electron chi connectivity index (χ3n) is 4.27. The first-order valence-corrected chi connectivity index (χ1v) is 8.88. The molecule has 0 bridgehead atoms. The minimum absolute atomic E-state index is 0.149. The molecule has 7 heteroatoms. The normalized spacial score (nSPS) is 10.1. The molecule has 150 valence electrons. The molecule has 0 atom stereocenters. The van der Waals surface area contributed by atoms with Crippen molar-refractivity contribution < 1.29 is 23.8 Å². The molecule has 2 rings (SSSR count). The third kappa shape index (κ3) is 5.64. The summed E-state index contributed by atoms with van der Waals surface area (Å²) < 4.78 is 15.7. The van der Waals surface area contributed by atoms with Gasteiger partial charge < -0.3 is 24.4 Å². The molecule has 0 aromatic heterocycles. The molecule has 0 spiro atoms. The Bertz CT molecular complexity index is 805. The van der Waals surface area contributed by atoms with Crippen molar-refractivity contribution in [2.24, 2.45) is 0 Å². The van der Waals surface area contributed by atoms with E-state index < -0.39 is 0 Å². The quantitative estimate of drug-likeness (QED) is 0.717. The van der Waals surface area contributed by atoms with Crippen LogP contribution in [0.15, 0.2) is 42.5 Å². The van der Waals surface area contributed by atoms with E-state index in [4.69, 9.17) is 14.2 Å². The first-order chi connectivity index (χ1) is 13.5. The van der Waals surface area contributed by atoms with Crippen LogP contribution in [0.1, 0.15) is 18.9 Å². The molecule has 0 fully saturated rings. The summed E-state index contributed by atoms with van der Waals surface area (Å²) in [5, 5.41) is 2.86. The van der Waals surface area contributed by atoms with Gasteiger partial charge in [-0.25, -0.2) is 0 Å². The summed E-state index contributed by atoms with van der Waals surface area (Å²) in [5.41, 5.74) is 1.53. The van der Waals surface area contributed by atoms with Crippen molar-refractivity contribution in [3.63, 3.8) is 0 Å². The van der Waals surface area contributed by atoms with E-state index in [1.165, 1.54) is 18.9 Å². The predicted molar refractivity (Wildman–Crippen MR) is 107 cm³/mol. The van der Waals surface area contributed by atoms with Gasteiger partial charge in [-0.15, -0.1) is 0 Å². The van der Waals surface area contributed by atoms with Crippen LogP contribution in [-0.4, -0.2) is 39.7 Å². The standard InChI is InChI=1S/C21H26N2O5/c1-15(24)23(19-13-18(27-3)9-10-20(19)28-4)12-11-21(25)22-14-16-5-7-17(26-2)8-6-16/h5-10,13H,11-12,14H2,1-4H3,(H,22,25). The minimum atomic E-state index is -0.186. The molecule has 0 aliphatic rings. The molecule has 0 heterocycles. The van der Waals surface area contributed by atoms with Gasteiger partial charge in [-0.1, -0.05) is 12.1 Å². The van der Waals surface area contributed by atoms with Crippen molar-refractivity contribution in [2.45, 2.75) is 19.9 Å². The van der Waals surface area contributed by atoms with Gasteiger partial charge in [0.1, 0.15) is 17.2 Å². The lowest BCUT2D eigenvalue weighted by molar-refractivity contribution is -0.121. The Morgan fingerprint density at radius 3 is 2.14 bits per heavy atom. The fourth-order valence-electron chi connectivity index (χ4n) is 2.70. The fraction of sp³-hybridized carbons (Fsp3) is 0.333. The highest BCUT2D eigenvalue weighted by Crippen LogP contribution is 2.32. The summed E-state index contributed by atoms with van der Waals surface area (Å²) in [4.78, 5) is 25.9. The van der Waals surface area contributed by atoms with Crippen molar-refractivity contribution in [3.8, 4) is 17.2 Å². The molecular formula is C21H26N2O5. The third-order valence-corrected chi connectivity index (χ3v) is 4.27. The van der Waals surface area contributed by atoms with Gasteiger partial charge >= 0.3 is 0 Å². The summed E-state index contributed by atoms with van der Waals surface area (Å²) in [5.74, 6) is 1.57. The van der Waals surface area contributed by atoms with E-state index in [0.717, 1.165) is 11.3 Å². The fourth-order valence-corrected chi connectivity index (χ4v) is 2.70. The number of amides is 2. The van der Waals surface area contributed by atoms with E-state index in [2.05, 4.69) is 5.32 Å². The number of benzene rings is 2. The lowest BCUT2D eigenvalue weighted by atomic mass is 10.2. The Balaban J connectivity index is 1.99. The van der Waals surface area contributed by atoms with Crippen molar-refractivity contribution in [2.75, 3.05) is 32.8 Å². The molecule has 7 nitrogen and oxygen atoms in total. The van der Waals surface area contributed by atoms with Gasteiger partial charge in [-0.05, 0) is 29.8 Å². The average molecular weight is 386 g/mol. The van der Waals surface area contributed by atoms with Crippen LogP contribution < -0.4 is 24.4 Å². The monoisotopic (exact) mass is 386 g/mol. The van der Waals surface area contributed by atoms with Crippen molar-refractivity contribution in [3.05, 3.63) is 48.0 Å². The molecule has 2 amide bonds. The molecular weight excluding hydrogens is 360 g/mol. The molecule has 1 N–H and O–H groups in total. The molecule has 0 saturated heterocycles. The van der Waals surface area contributed by atoms with Crippen LogP contribution >= 0.6 is 0 Å². The largest absolute Gasteiger partial charge is 0.497 e. The summed E-state index contributed by atoms with van der Waals surface area (Å²) in [6.07, 6.45) is 0.163. The number of carbonyl (C=O) groups excluding carboxylic acids is 2. The van der Waals surface area contributed by atoms with Crippen LogP contribution in [0.4, 0.5) is 5.69 Å². The molecule has 2 aromatic carbocycles. The highest BCUT2D eigenvalue weighted by atomic mass is 16.5. The SMILES string of the molecule is COc1ccc(CNC(=O)CCN(C(C)=O)c2cc(OC)ccc2OC)cc1. The van der Waals surface area contributed by atoms with E-state index in [0.29, 0.717) is 23.7 Å². The molecule has 0 radical (unpaired) electrons. The number of ether oxygens (including phenoxy) is 3. The zero-order valence-corrected chi connectivity index (χ0v) is 16.7. The van der Waals surface area contributed by atoms with E-state index in [-0.39, 0.29) is 24.8 Å². The highest BCUT2D eigenvalue weighted by molar-refractivity contribution is 5.94. The number of carbonyl (C=O) groups is 2. The number of methoxy groups -OCH3 is 3. The number of nitrogens with zero attached hydrogens (tertiary/aromatic N) is 1. The average Bonchev–Trinajstić information content (AvgIpc) is 2.72. The topological polar surface area (TPSA) is 77.1 Å². The Morgan fingerprint density at radius 2 is 1.57 bits per heavy atom. The van der Waals surface area contributed by atoms with Crippen LogP contribution in [0.2, 0.25) is 0 Å². The van der Waals surface area contributed by atoms with Gasteiger partial charge in [0.25, 0.3) is 0 Å². The molecule has 0 unspecified atom stereocenters. The summed E-state index contributed by atoms with van der Waals surface area (Å²) in [6.45, 7) is 2.09. The lowest BCUT2D eigenvalue weighted by Crippen LogP contribution is -2.34. The number of rotatable bonds is 9. The van der Waals surface area contributed by atoms with Gasteiger partial charge in [-0.3, -0.25) is 9.59 Å². The minimum Gasteiger partial charge on any atom is -0.497 e. The number of anilines is 1. The van der Waals surface area contributed by atoms with Crippen LogP contribution in [0, 0.1) is 0 Å². The van der Waals surface area contributed by atoms with Crippen molar-refractivity contribution in [1.29, 1.82) is 0 Å². The zero-order chi connectivity index (χ0) is 20.5. The van der Waals surface area contributed by atoms with Gasteiger partial charge in [0.2, 0.25) is 11.8 Å². The smallest absolute Gasteiger partial charge is 0.223 e. The van der Waals surface area contributed by atoms with E-state index in [9.17, 15) is 9.59 Å². The summed E-state index contributed by atoms with van der Waals surface area (Å²) in [6, 6.07) is 12.7. The molecule has 0 aliphatic carbocycles. The maximum absolute atomic E-state index is 12.2. The van der Waals surface area contributed by atoms with Crippen LogP contribution in [0.5, 0.6) is 17.2 Å². The first kappa shape index (κ1) is 21.1. The van der Waals surface area contributed by atoms with E-state index in [1.807, 2.05) is 24.3 Å². The van der Waals surface area contributed by atoms with E-state index in [1.54, 1.807) is 32.4 Å². The zero-order valence-electron chi connectivity index (χ0n) is 16.7. The van der Waals surface area contributed by atoms with E-state index >= 15 is 0 Å². The Morgan fingerprint density at radius 1 is 0.929 bits per heavy atom. The maximum Gasteiger partial charge on any atom is 0.223 e. The van der Waals surface area contributed by atoms with Gasteiger partial charge in [-0.2, -0.15) is 0 Å². The molecule has 0 saturated carbocycles. The number of hydrogen-bond acceptors (Lipinski definition) is 5. The van der Waals surface area contributed by atoms with Crippen LogP contribution in [0.3, 0.4) is 0 Å². The maximum atomic E-state index is 12.2. The number of hydrogen-bond donors (Lipinski definition) is 1. The van der Waals surface area contributed by atoms with Crippen LogP contribution in [0.25, 0.3) is 0 Å². The molecule has 0 aliphatic heterocycles. The van der Waals surface area contributed by atoms with Crippen molar-refractivity contribution >= 4 is 17.5 Å². The second kappa shape index (κ2) is 10.2. The van der Waals surface area contributed by atoms with Gasteiger partial charge in [0, 0.05) is 32.5 Å². The number of nitrogens with one attached hydrogen (secondary N) is 1. The van der Waals surface area contributed by atoms with Crippen molar-refractivity contribution in [1.82, 2.24) is 5.32 Å². The molecule has 2 aromatic rings. The Hall–Kier alpha value is -3.22. The van der Waals surface area contributed by atoms with Gasteiger partial charge in [0.05, 0.1) is 27.0 Å². The second-order valence-corrected chi connectivity index (χ2v) is 6.08. The lowest BCUT2D eigenvalue weighted by Gasteiger charge is -2.23. The molecule has 28 heavy (non-hydrogen) atoms. The highest BCUT2D eigenvalue weighted by Gasteiger charge is 2.18. The Labute approximate surface area is 165 Å². The second-order valence-electron chi connectivity index (χ2n) is 6.08. The summed E-state index contributed by atoms with van der Waals surface area (Å²) >= 11 is 0. The Kier molecular flexibility index (Phi) is 7.68.